The summed E-state index contributed by atoms with van der Waals surface area (Å²) in [6.07, 6.45) is 7.66. The number of carboxylic acids is 1. The fraction of sp³-hybridized carbons (Fsp3) is 0.308. The van der Waals surface area contributed by atoms with E-state index in [1.165, 1.54) is 31.9 Å². The van der Waals surface area contributed by atoms with E-state index in [0.29, 0.717) is 23.1 Å². The largest absolute Gasteiger partial charge is 0.478 e. The molecule has 0 spiro atoms. The molecule has 6 heteroatoms. The number of methoxy groups -OCH3 is 1. The first-order chi connectivity index (χ1) is 15.5. The molecule has 1 aliphatic heterocycles. The van der Waals surface area contributed by atoms with Crippen LogP contribution in [-0.2, 0) is 16.1 Å². The maximum Gasteiger partial charge on any atom is 0.335 e. The van der Waals surface area contributed by atoms with Crippen LogP contribution in [0.2, 0.25) is 5.02 Å². The van der Waals surface area contributed by atoms with Crippen molar-refractivity contribution in [2.45, 2.75) is 44.6 Å². The molecule has 0 saturated heterocycles. The Labute approximate surface area is 191 Å². The molecule has 2 aromatic carbocycles. The van der Waals surface area contributed by atoms with Gasteiger partial charge in [-0.2, -0.15) is 0 Å². The first-order valence-corrected chi connectivity index (χ1v) is 11.3. The van der Waals surface area contributed by atoms with Crippen molar-refractivity contribution < 1.29 is 19.4 Å². The van der Waals surface area contributed by atoms with Crippen LogP contribution in [0, 0.1) is 0 Å². The van der Waals surface area contributed by atoms with Crippen molar-refractivity contribution in [1.82, 2.24) is 4.57 Å². The van der Waals surface area contributed by atoms with Crippen LogP contribution >= 0.6 is 11.6 Å². The standard InChI is InChI=1S/C26H24ClNO4/c1-32-26(31)18-11-17-12-19(27)8-10-20(17)24-23(15-5-3-2-4-6-15)21-9-7-16(25(29)30)13-22(21)28(24)14-18/h7-13,15H,2-6,14H2,1H3,(H,29,30). The zero-order valence-corrected chi connectivity index (χ0v) is 18.6. The highest BCUT2D eigenvalue weighted by Gasteiger charge is 2.30. The number of carbonyl (C=O) groups excluding carboxylic acids is 1. The monoisotopic (exact) mass is 449 g/mol. The Balaban J connectivity index is 1.87. The summed E-state index contributed by atoms with van der Waals surface area (Å²) in [4.78, 5) is 24.3. The molecule has 164 valence electrons. The van der Waals surface area contributed by atoms with Gasteiger partial charge in [0, 0.05) is 21.5 Å². The molecule has 32 heavy (non-hydrogen) atoms. The third kappa shape index (κ3) is 3.41. The number of nitrogens with zero attached hydrogens (tertiary/aromatic N) is 1. The van der Waals surface area contributed by atoms with E-state index in [9.17, 15) is 14.7 Å². The molecule has 1 N–H and O–H groups in total. The number of hydrogen-bond acceptors (Lipinski definition) is 3. The second kappa shape index (κ2) is 8.14. The van der Waals surface area contributed by atoms with Gasteiger partial charge in [0.25, 0.3) is 0 Å². The molecule has 0 amide bonds. The van der Waals surface area contributed by atoms with Crippen LogP contribution in [0.15, 0.2) is 42.0 Å². The predicted molar refractivity (Wildman–Crippen MR) is 125 cm³/mol. The first-order valence-electron chi connectivity index (χ1n) is 11.0. The summed E-state index contributed by atoms with van der Waals surface area (Å²) in [5, 5.41) is 11.3. The molecule has 5 rings (SSSR count). The van der Waals surface area contributed by atoms with Crippen molar-refractivity contribution in [2.24, 2.45) is 0 Å². The maximum atomic E-state index is 12.6. The number of ether oxygens (including phenoxy) is 1. The smallest absolute Gasteiger partial charge is 0.335 e. The van der Waals surface area contributed by atoms with E-state index in [0.717, 1.165) is 40.6 Å². The van der Waals surface area contributed by atoms with E-state index in [4.69, 9.17) is 16.3 Å². The van der Waals surface area contributed by atoms with Gasteiger partial charge in [0.1, 0.15) is 0 Å². The highest BCUT2D eigenvalue weighted by Crippen LogP contribution is 2.46. The minimum atomic E-state index is -0.966. The van der Waals surface area contributed by atoms with Crippen molar-refractivity contribution in [3.63, 3.8) is 0 Å². The Kier molecular flexibility index (Phi) is 5.30. The van der Waals surface area contributed by atoms with E-state index in [1.807, 2.05) is 30.3 Å². The summed E-state index contributed by atoms with van der Waals surface area (Å²) < 4.78 is 7.15. The van der Waals surface area contributed by atoms with Gasteiger partial charge in [-0.3, -0.25) is 0 Å². The molecular formula is C26H24ClNO4. The first kappa shape index (κ1) is 20.8. The summed E-state index contributed by atoms with van der Waals surface area (Å²) in [5.41, 5.74) is 5.74. The molecular weight excluding hydrogens is 426 g/mol. The number of halogens is 1. The van der Waals surface area contributed by atoms with Crippen molar-refractivity contribution in [3.05, 3.63) is 63.7 Å². The third-order valence-electron chi connectivity index (χ3n) is 6.74. The quantitative estimate of drug-likeness (QED) is 0.478. The molecule has 1 aromatic heterocycles. The molecule has 1 aliphatic carbocycles. The number of carboxylic acid groups (broad SMARTS) is 1. The number of carbonyl (C=O) groups is 2. The maximum absolute atomic E-state index is 12.6. The molecule has 0 radical (unpaired) electrons. The molecule has 0 unspecified atom stereocenters. The van der Waals surface area contributed by atoms with Gasteiger partial charge >= 0.3 is 11.9 Å². The van der Waals surface area contributed by atoms with Crippen LogP contribution in [0.1, 0.15) is 59.5 Å². The summed E-state index contributed by atoms with van der Waals surface area (Å²) in [6.45, 7) is 0.306. The Morgan fingerprint density at radius 3 is 2.59 bits per heavy atom. The number of esters is 1. The SMILES string of the molecule is COC(=O)C1=Cc2cc(Cl)ccc2-c2c(C3CCCCC3)c3ccc(C(=O)O)cc3n2C1. The Hall–Kier alpha value is -3.05. The fourth-order valence-electron chi connectivity index (χ4n) is 5.30. The second-order valence-electron chi connectivity index (χ2n) is 8.61. The number of aromatic nitrogens is 1. The normalized spacial score (nSPS) is 16.1. The molecule has 2 aliphatic rings. The summed E-state index contributed by atoms with van der Waals surface area (Å²) >= 11 is 6.32. The van der Waals surface area contributed by atoms with E-state index in [2.05, 4.69) is 4.57 Å². The average Bonchev–Trinajstić information content (AvgIpc) is 3.01. The zero-order valence-electron chi connectivity index (χ0n) is 17.9. The molecule has 0 bridgehead atoms. The van der Waals surface area contributed by atoms with Crippen LogP contribution in [0.4, 0.5) is 0 Å². The lowest BCUT2D eigenvalue weighted by Crippen LogP contribution is -2.11. The molecule has 3 aromatic rings. The van der Waals surface area contributed by atoms with Gasteiger partial charge in [0.15, 0.2) is 0 Å². The molecule has 5 nitrogen and oxygen atoms in total. The topological polar surface area (TPSA) is 68.5 Å². The van der Waals surface area contributed by atoms with Gasteiger partial charge in [0.05, 0.1) is 30.5 Å². The van der Waals surface area contributed by atoms with E-state index >= 15 is 0 Å². The molecule has 1 fully saturated rings. The lowest BCUT2D eigenvalue weighted by Gasteiger charge is -2.24. The highest BCUT2D eigenvalue weighted by molar-refractivity contribution is 6.30. The third-order valence-corrected chi connectivity index (χ3v) is 6.97. The van der Waals surface area contributed by atoms with Crippen LogP contribution in [0.5, 0.6) is 0 Å². The second-order valence-corrected chi connectivity index (χ2v) is 9.05. The minimum absolute atomic E-state index is 0.233. The molecule has 2 heterocycles. The number of hydrogen-bond donors (Lipinski definition) is 1. The van der Waals surface area contributed by atoms with Crippen LogP contribution in [-0.4, -0.2) is 28.7 Å². The highest BCUT2D eigenvalue weighted by atomic mass is 35.5. The Morgan fingerprint density at radius 1 is 1.09 bits per heavy atom. The van der Waals surface area contributed by atoms with Crippen molar-refractivity contribution in [1.29, 1.82) is 0 Å². The van der Waals surface area contributed by atoms with Gasteiger partial charge in [-0.1, -0.05) is 43.0 Å². The summed E-state index contributed by atoms with van der Waals surface area (Å²) in [5.74, 6) is -0.980. The van der Waals surface area contributed by atoms with E-state index in [1.54, 1.807) is 12.1 Å². The van der Waals surface area contributed by atoms with Crippen molar-refractivity contribution in [3.8, 4) is 11.3 Å². The number of benzene rings is 2. The van der Waals surface area contributed by atoms with Gasteiger partial charge in [0.2, 0.25) is 0 Å². The van der Waals surface area contributed by atoms with E-state index in [-0.39, 0.29) is 5.56 Å². The minimum Gasteiger partial charge on any atom is -0.478 e. The number of fused-ring (bicyclic) bond motifs is 5. The fourth-order valence-corrected chi connectivity index (χ4v) is 5.48. The van der Waals surface area contributed by atoms with Crippen molar-refractivity contribution in [2.75, 3.05) is 7.11 Å². The summed E-state index contributed by atoms with van der Waals surface area (Å²) in [7, 11) is 1.37. The van der Waals surface area contributed by atoms with Gasteiger partial charge in [-0.25, -0.2) is 9.59 Å². The zero-order chi connectivity index (χ0) is 22.4. The van der Waals surface area contributed by atoms with Crippen LogP contribution < -0.4 is 0 Å². The van der Waals surface area contributed by atoms with Crippen molar-refractivity contribution >= 4 is 40.5 Å². The van der Waals surface area contributed by atoms with E-state index < -0.39 is 11.9 Å². The number of rotatable bonds is 3. The lowest BCUT2D eigenvalue weighted by molar-refractivity contribution is -0.136. The summed E-state index contributed by atoms with van der Waals surface area (Å²) in [6, 6.07) is 11.1. The Bertz CT molecular complexity index is 1280. The molecule has 0 atom stereocenters. The van der Waals surface area contributed by atoms with Crippen LogP contribution in [0.25, 0.3) is 28.2 Å². The van der Waals surface area contributed by atoms with Gasteiger partial charge in [-0.05, 0) is 60.2 Å². The number of aromatic carboxylic acids is 1. The molecule has 1 saturated carbocycles. The average molecular weight is 450 g/mol. The Morgan fingerprint density at radius 2 is 1.88 bits per heavy atom. The lowest BCUT2D eigenvalue weighted by atomic mass is 9.81. The van der Waals surface area contributed by atoms with Gasteiger partial charge in [-0.15, -0.1) is 0 Å². The van der Waals surface area contributed by atoms with Crippen LogP contribution in [0.3, 0.4) is 0 Å². The predicted octanol–water partition coefficient (Wildman–Crippen LogP) is 6.28. The van der Waals surface area contributed by atoms with Gasteiger partial charge < -0.3 is 14.4 Å².